The van der Waals surface area contributed by atoms with Gasteiger partial charge in [0.1, 0.15) is 0 Å². The van der Waals surface area contributed by atoms with Crippen LogP contribution in [0, 0.1) is 0 Å². The van der Waals surface area contributed by atoms with Gasteiger partial charge in [-0.15, -0.1) is 0 Å². The molecule has 132 valence electrons. The van der Waals surface area contributed by atoms with Gasteiger partial charge in [-0.1, -0.05) is 56.0 Å². The zero-order valence-electron chi connectivity index (χ0n) is 14.4. The molecule has 2 N–H and O–H groups in total. The Kier molecular flexibility index (Phi) is 7.29. The Morgan fingerprint density at radius 1 is 0.958 bits per heavy atom. The van der Waals surface area contributed by atoms with E-state index in [1.165, 1.54) is 31.2 Å². The number of carbonyl (C=O) groups is 2. The summed E-state index contributed by atoms with van der Waals surface area (Å²) in [5.41, 5.74) is 1.38. The predicted molar refractivity (Wildman–Crippen MR) is 94.9 cm³/mol. The number of hydrogen-bond donors (Lipinski definition) is 2. The zero-order chi connectivity index (χ0) is 17.3. The molecule has 0 unspecified atom stereocenters. The van der Waals surface area contributed by atoms with Gasteiger partial charge in [0.05, 0.1) is 0 Å². The summed E-state index contributed by atoms with van der Waals surface area (Å²) >= 11 is 0. The minimum absolute atomic E-state index is 0.0416. The Hall–Kier alpha value is -1.84. The highest BCUT2D eigenvalue weighted by Crippen LogP contribution is 2.37. The van der Waals surface area contributed by atoms with E-state index in [0.717, 1.165) is 12.8 Å². The van der Waals surface area contributed by atoms with E-state index in [-0.39, 0.29) is 17.7 Å². The molecule has 0 aromatic heterocycles. The molecule has 0 radical (unpaired) electrons. The molecule has 0 bridgehead atoms. The van der Waals surface area contributed by atoms with Gasteiger partial charge in [-0.2, -0.15) is 0 Å². The van der Waals surface area contributed by atoms with Crippen LogP contribution < -0.4 is 5.32 Å². The van der Waals surface area contributed by atoms with Crippen LogP contribution >= 0.6 is 0 Å². The number of nitrogens with one attached hydrogen (secondary N) is 1. The van der Waals surface area contributed by atoms with Crippen molar-refractivity contribution < 1.29 is 14.7 Å². The summed E-state index contributed by atoms with van der Waals surface area (Å²) < 4.78 is 0. The molecule has 24 heavy (non-hydrogen) atoms. The van der Waals surface area contributed by atoms with E-state index in [1.54, 1.807) is 0 Å². The van der Waals surface area contributed by atoms with E-state index in [1.807, 2.05) is 6.07 Å². The normalized spacial score (nSPS) is 17.0. The molecule has 4 nitrogen and oxygen atoms in total. The summed E-state index contributed by atoms with van der Waals surface area (Å²) in [6, 6.07) is 10.6. The van der Waals surface area contributed by atoms with Crippen LogP contribution in [-0.4, -0.2) is 23.5 Å². The third-order valence-electron chi connectivity index (χ3n) is 5.12. The number of benzene rings is 1. The Balaban J connectivity index is 1.91. The standard InChI is InChI=1S/C20H29NO3/c22-18(12-6-7-13-19(23)24)21-16-20(14-8-1-2-9-15-20)17-10-4-3-5-11-17/h3-5,10-11H,1-2,6-9,12-16H2,(H,21,22)(H,23,24). The quantitative estimate of drug-likeness (QED) is 0.558. The molecular formula is C20H29NO3. The van der Waals surface area contributed by atoms with Crippen LogP contribution in [0.1, 0.15) is 69.8 Å². The monoisotopic (exact) mass is 331 g/mol. The molecule has 1 fully saturated rings. The largest absolute Gasteiger partial charge is 0.481 e. The topological polar surface area (TPSA) is 66.4 Å². The van der Waals surface area contributed by atoms with Crippen LogP contribution in [0.3, 0.4) is 0 Å². The number of unbranched alkanes of at least 4 members (excludes halogenated alkanes) is 1. The van der Waals surface area contributed by atoms with Crippen molar-refractivity contribution in [1.29, 1.82) is 0 Å². The first-order valence-corrected chi connectivity index (χ1v) is 9.16. The number of amides is 1. The minimum Gasteiger partial charge on any atom is -0.481 e. The summed E-state index contributed by atoms with van der Waals surface area (Å²) in [6.07, 6.45) is 8.97. The van der Waals surface area contributed by atoms with Crippen LogP contribution in [0.25, 0.3) is 0 Å². The van der Waals surface area contributed by atoms with Crippen molar-refractivity contribution in [3.63, 3.8) is 0 Å². The van der Waals surface area contributed by atoms with Crippen LogP contribution in [0.4, 0.5) is 0 Å². The molecule has 0 atom stereocenters. The Bertz CT molecular complexity index is 519. The first-order chi connectivity index (χ1) is 11.6. The fourth-order valence-electron chi connectivity index (χ4n) is 3.68. The lowest BCUT2D eigenvalue weighted by atomic mass is 9.74. The SMILES string of the molecule is O=C(O)CCCCC(=O)NCC1(c2ccccc2)CCCCCC1. The summed E-state index contributed by atoms with van der Waals surface area (Å²) in [5.74, 6) is -0.753. The van der Waals surface area contributed by atoms with Crippen molar-refractivity contribution in [2.75, 3.05) is 6.54 Å². The second-order valence-corrected chi connectivity index (χ2v) is 6.94. The number of carbonyl (C=O) groups excluding carboxylic acids is 1. The van der Waals surface area contributed by atoms with Gasteiger partial charge >= 0.3 is 5.97 Å². The van der Waals surface area contributed by atoms with E-state index in [4.69, 9.17) is 5.11 Å². The van der Waals surface area contributed by atoms with E-state index in [2.05, 4.69) is 29.6 Å². The van der Waals surface area contributed by atoms with Crippen LogP contribution in [0.2, 0.25) is 0 Å². The van der Waals surface area contributed by atoms with E-state index in [0.29, 0.717) is 25.8 Å². The van der Waals surface area contributed by atoms with Crippen LogP contribution in [0.15, 0.2) is 30.3 Å². The third-order valence-corrected chi connectivity index (χ3v) is 5.12. The highest BCUT2D eigenvalue weighted by molar-refractivity contribution is 5.76. The van der Waals surface area contributed by atoms with Crippen molar-refractivity contribution in [3.05, 3.63) is 35.9 Å². The molecule has 1 aliphatic carbocycles. The van der Waals surface area contributed by atoms with E-state index in [9.17, 15) is 9.59 Å². The molecule has 2 rings (SSSR count). The maximum absolute atomic E-state index is 12.1. The van der Waals surface area contributed by atoms with Crippen LogP contribution in [-0.2, 0) is 15.0 Å². The van der Waals surface area contributed by atoms with Crippen molar-refractivity contribution >= 4 is 11.9 Å². The molecule has 0 heterocycles. The summed E-state index contributed by atoms with van der Waals surface area (Å²) in [5, 5.41) is 11.8. The number of aliphatic carboxylic acids is 1. The van der Waals surface area contributed by atoms with Gasteiger partial charge in [-0.05, 0) is 31.2 Å². The van der Waals surface area contributed by atoms with Gasteiger partial charge < -0.3 is 10.4 Å². The molecule has 4 heteroatoms. The first kappa shape index (κ1) is 18.5. The first-order valence-electron chi connectivity index (χ1n) is 9.16. The maximum Gasteiger partial charge on any atom is 0.303 e. The molecular weight excluding hydrogens is 302 g/mol. The molecule has 1 aromatic rings. The van der Waals surface area contributed by atoms with E-state index >= 15 is 0 Å². The fourth-order valence-corrected chi connectivity index (χ4v) is 3.68. The van der Waals surface area contributed by atoms with Gasteiger partial charge in [0.15, 0.2) is 0 Å². The zero-order valence-corrected chi connectivity index (χ0v) is 14.4. The molecule has 1 amide bonds. The maximum atomic E-state index is 12.1. The van der Waals surface area contributed by atoms with Gasteiger partial charge in [0.2, 0.25) is 5.91 Å². The number of carboxylic acids is 1. The Morgan fingerprint density at radius 2 is 1.58 bits per heavy atom. The third kappa shape index (κ3) is 5.66. The second kappa shape index (κ2) is 9.45. The molecule has 1 saturated carbocycles. The van der Waals surface area contributed by atoms with Crippen molar-refractivity contribution in [2.45, 2.75) is 69.6 Å². The van der Waals surface area contributed by atoms with Gasteiger partial charge in [0, 0.05) is 24.8 Å². The second-order valence-electron chi connectivity index (χ2n) is 6.94. The highest BCUT2D eigenvalue weighted by Gasteiger charge is 2.32. The van der Waals surface area contributed by atoms with Gasteiger partial charge in [-0.25, -0.2) is 0 Å². The number of rotatable bonds is 8. The molecule has 0 spiro atoms. The average molecular weight is 331 g/mol. The lowest BCUT2D eigenvalue weighted by Gasteiger charge is -2.34. The van der Waals surface area contributed by atoms with Crippen molar-refractivity contribution in [1.82, 2.24) is 5.32 Å². The van der Waals surface area contributed by atoms with E-state index < -0.39 is 5.97 Å². The average Bonchev–Trinajstić information content (AvgIpc) is 2.84. The van der Waals surface area contributed by atoms with Crippen LogP contribution in [0.5, 0.6) is 0 Å². The lowest BCUT2D eigenvalue weighted by molar-refractivity contribution is -0.137. The summed E-state index contributed by atoms with van der Waals surface area (Å²) in [4.78, 5) is 22.6. The Labute approximate surface area is 144 Å². The summed E-state index contributed by atoms with van der Waals surface area (Å²) in [6.45, 7) is 0.689. The van der Waals surface area contributed by atoms with Gasteiger partial charge in [0.25, 0.3) is 0 Å². The predicted octanol–water partition coefficient (Wildman–Crippen LogP) is 4.04. The molecule has 1 aromatic carbocycles. The smallest absolute Gasteiger partial charge is 0.303 e. The lowest BCUT2D eigenvalue weighted by Crippen LogP contribution is -2.40. The fraction of sp³-hybridized carbons (Fsp3) is 0.600. The summed E-state index contributed by atoms with van der Waals surface area (Å²) in [7, 11) is 0. The van der Waals surface area contributed by atoms with Crippen molar-refractivity contribution in [3.8, 4) is 0 Å². The Morgan fingerprint density at radius 3 is 2.21 bits per heavy atom. The van der Waals surface area contributed by atoms with Gasteiger partial charge in [-0.3, -0.25) is 9.59 Å². The molecule has 0 aliphatic heterocycles. The number of carboxylic acid groups (broad SMARTS) is 1. The molecule has 1 aliphatic rings. The van der Waals surface area contributed by atoms with Crippen molar-refractivity contribution in [2.24, 2.45) is 0 Å². The molecule has 0 saturated heterocycles. The minimum atomic E-state index is -0.795. The number of hydrogen-bond acceptors (Lipinski definition) is 2. The highest BCUT2D eigenvalue weighted by atomic mass is 16.4.